The first-order chi connectivity index (χ1) is 10.9. The van der Waals surface area contributed by atoms with Crippen LogP contribution < -0.4 is 11.1 Å². The van der Waals surface area contributed by atoms with Crippen molar-refractivity contribution in [1.82, 2.24) is 5.32 Å². The van der Waals surface area contributed by atoms with Gasteiger partial charge in [0.1, 0.15) is 5.54 Å². The highest BCUT2D eigenvalue weighted by Gasteiger charge is 2.35. The first-order valence-corrected chi connectivity index (χ1v) is 7.33. The highest BCUT2D eigenvalue weighted by atomic mass is 16.3. The highest BCUT2D eigenvalue weighted by Crippen LogP contribution is 2.22. The van der Waals surface area contributed by atoms with Crippen molar-refractivity contribution < 1.29 is 14.7 Å². The van der Waals surface area contributed by atoms with Gasteiger partial charge in [0.05, 0.1) is 12.5 Å². The Bertz CT molecular complexity index is 673. The Morgan fingerprint density at radius 2 is 1.61 bits per heavy atom. The molecule has 0 aliphatic rings. The second-order valence-corrected chi connectivity index (χ2v) is 5.53. The summed E-state index contributed by atoms with van der Waals surface area (Å²) in [5.74, 6) is -1.11. The molecular weight excluding hydrogens is 292 g/mol. The van der Waals surface area contributed by atoms with Gasteiger partial charge in [-0.15, -0.1) is 0 Å². The van der Waals surface area contributed by atoms with Crippen molar-refractivity contribution >= 4 is 11.8 Å². The van der Waals surface area contributed by atoms with Crippen molar-refractivity contribution in [3.63, 3.8) is 0 Å². The van der Waals surface area contributed by atoms with Gasteiger partial charge in [-0.05, 0) is 18.1 Å². The SMILES string of the molecule is CC(NC(=O)CC(O)c1ccccc1)(C(N)=O)c1ccccc1. The topological polar surface area (TPSA) is 92.4 Å². The fraction of sp³-hybridized carbons (Fsp3) is 0.222. The summed E-state index contributed by atoms with van der Waals surface area (Å²) in [7, 11) is 0. The zero-order chi connectivity index (χ0) is 16.9. The van der Waals surface area contributed by atoms with E-state index in [1.54, 1.807) is 55.5 Å². The third-order valence-corrected chi connectivity index (χ3v) is 3.80. The second-order valence-electron chi connectivity index (χ2n) is 5.53. The lowest BCUT2D eigenvalue weighted by Crippen LogP contribution is -2.52. The number of hydrogen-bond donors (Lipinski definition) is 3. The lowest BCUT2D eigenvalue weighted by Gasteiger charge is -2.28. The first kappa shape index (κ1) is 16.7. The molecule has 2 unspecified atom stereocenters. The summed E-state index contributed by atoms with van der Waals surface area (Å²) in [6.45, 7) is 1.55. The van der Waals surface area contributed by atoms with E-state index in [-0.39, 0.29) is 6.42 Å². The minimum atomic E-state index is -1.32. The molecule has 4 N–H and O–H groups in total. The van der Waals surface area contributed by atoms with Crippen molar-refractivity contribution in [2.24, 2.45) is 5.73 Å². The van der Waals surface area contributed by atoms with Crippen LogP contribution in [0.4, 0.5) is 0 Å². The van der Waals surface area contributed by atoms with Gasteiger partial charge in [-0.2, -0.15) is 0 Å². The standard InChI is InChI=1S/C18H20N2O3/c1-18(17(19)23,14-10-6-3-7-11-14)20-16(22)12-15(21)13-8-4-2-5-9-13/h2-11,15,21H,12H2,1H3,(H2,19,23)(H,20,22). The molecule has 2 amide bonds. The number of benzene rings is 2. The Morgan fingerprint density at radius 3 is 2.13 bits per heavy atom. The van der Waals surface area contributed by atoms with Crippen molar-refractivity contribution in [2.75, 3.05) is 0 Å². The maximum absolute atomic E-state index is 12.2. The molecule has 0 heterocycles. The fourth-order valence-corrected chi connectivity index (χ4v) is 2.35. The molecule has 5 nitrogen and oxygen atoms in total. The zero-order valence-electron chi connectivity index (χ0n) is 12.9. The summed E-state index contributed by atoms with van der Waals surface area (Å²) in [5.41, 5.74) is 5.39. The van der Waals surface area contributed by atoms with Crippen LogP contribution in [-0.4, -0.2) is 16.9 Å². The number of amides is 2. The Hall–Kier alpha value is -2.66. The molecular formula is C18H20N2O3. The van der Waals surface area contributed by atoms with Gasteiger partial charge in [0.25, 0.3) is 0 Å². The summed E-state index contributed by atoms with van der Waals surface area (Å²) in [6.07, 6.45) is -1.09. The van der Waals surface area contributed by atoms with E-state index in [9.17, 15) is 14.7 Å². The normalized spacial score (nSPS) is 14.5. The molecule has 23 heavy (non-hydrogen) atoms. The van der Waals surface area contributed by atoms with Crippen LogP contribution in [0.5, 0.6) is 0 Å². The van der Waals surface area contributed by atoms with Gasteiger partial charge in [-0.1, -0.05) is 60.7 Å². The average Bonchev–Trinajstić information content (AvgIpc) is 2.56. The molecule has 2 rings (SSSR count). The van der Waals surface area contributed by atoms with Crippen LogP contribution in [0.1, 0.15) is 30.6 Å². The maximum Gasteiger partial charge on any atom is 0.247 e. The summed E-state index contributed by atoms with van der Waals surface area (Å²) in [5, 5.41) is 12.8. The van der Waals surface area contributed by atoms with E-state index >= 15 is 0 Å². The van der Waals surface area contributed by atoms with E-state index < -0.39 is 23.5 Å². The molecule has 0 aliphatic heterocycles. The molecule has 2 aromatic rings. The smallest absolute Gasteiger partial charge is 0.247 e. The summed E-state index contributed by atoms with van der Waals surface area (Å²) < 4.78 is 0. The number of hydrogen-bond acceptors (Lipinski definition) is 3. The molecule has 5 heteroatoms. The Labute approximate surface area is 135 Å². The molecule has 0 fully saturated rings. The number of primary amides is 1. The minimum Gasteiger partial charge on any atom is -0.388 e. The Balaban J connectivity index is 2.12. The second kappa shape index (κ2) is 7.07. The summed E-state index contributed by atoms with van der Waals surface area (Å²) in [6, 6.07) is 17.7. The molecule has 0 bridgehead atoms. The molecule has 0 saturated heterocycles. The number of nitrogens with one attached hydrogen (secondary N) is 1. The van der Waals surface area contributed by atoms with Crippen LogP contribution in [-0.2, 0) is 15.1 Å². The Morgan fingerprint density at radius 1 is 1.09 bits per heavy atom. The first-order valence-electron chi connectivity index (χ1n) is 7.33. The molecule has 0 radical (unpaired) electrons. The van der Waals surface area contributed by atoms with Crippen molar-refractivity contribution in [1.29, 1.82) is 0 Å². The van der Waals surface area contributed by atoms with Gasteiger partial charge < -0.3 is 16.2 Å². The molecule has 0 spiro atoms. The van der Waals surface area contributed by atoms with Crippen molar-refractivity contribution in [3.05, 3.63) is 71.8 Å². The quantitative estimate of drug-likeness (QED) is 0.757. The molecule has 0 aliphatic carbocycles. The van der Waals surface area contributed by atoms with E-state index in [1.807, 2.05) is 12.1 Å². The number of carbonyl (C=O) groups is 2. The lowest BCUT2D eigenvalue weighted by atomic mass is 9.90. The zero-order valence-corrected chi connectivity index (χ0v) is 12.9. The van der Waals surface area contributed by atoms with Crippen molar-refractivity contribution in [2.45, 2.75) is 25.0 Å². The Kier molecular flexibility index (Phi) is 5.13. The van der Waals surface area contributed by atoms with Crippen LogP contribution >= 0.6 is 0 Å². The van der Waals surface area contributed by atoms with Crippen LogP contribution in [0.15, 0.2) is 60.7 Å². The van der Waals surface area contributed by atoms with E-state index in [0.717, 1.165) is 0 Å². The van der Waals surface area contributed by atoms with Crippen LogP contribution in [0.2, 0.25) is 0 Å². The van der Waals surface area contributed by atoms with Crippen molar-refractivity contribution in [3.8, 4) is 0 Å². The van der Waals surface area contributed by atoms with Crippen LogP contribution in [0.25, 0.3) is 0 Å². The van der Waals surface area contributed by atoms with E-state index in [4.69, 9.17) is 5.73 Å². The predicted octanol–water partition coefficient (Wildman–Crippen LogP) is 1.63. The predicted molar refractivity (Wildman–Crippen MR) is 87.1 cm³/mol. The lowest BCUT2D eigenvalue weighted by molar-refractivity contribution is -0.132. The third-order valence-electron chi connectivity index (χ3n) is 3.80. The van der Waals surface area contributed by atoms with E-state index in [2.05, 4.69) is 5.32 Å². The van der Waals surface area contributed by atoms with Gasteiger partial charge in [-0.25, -0.2) is 0 Å². The third kappa shape index (κ3) is 3.96. The largest absolute Gasteiger partial charge is 0.388 e. The van der Waals surface area contributed by atoms with Crippen LogP contribution in [0.3, 0.4) is 0 Å². The average molecular weight is 312 g/mol. The van der Waals surface area contributed by atoms with Gasteiger partial charge >= 0.3 is 0 Å². The van der Waals surface area contributed by atoms with Crippen LogP contribution in [0, 0.1) is 0 Å². The summed E-state index contributed by atoms with van der Waals surface area (Å²) in [4.78, 5) is 24.1. The monoisotopic (exact) mass is 312 g/mol. The summed E-state index contributed by atoms with van der Waals surface area (Å²) >= 11 is 0. The van der Waals surface area contributed by atoms with E-state index in [1.165, 1.54) is 0 Å². The maximum atomic E-state index is 12.2. The molecule has 2 aromatic carbocycles. The van der Waals surface area contributed by atoms with Gasteiger partial charge in [0.15, 0.2) is 0 Å². The number of nitrogens with two attached hydrogens (primary N) is 1. The van der Waals surface area contributed by atoms with Gasteiger partial charge in [0, 0.05) is 0 Å². The van der Waals surface area contributed by atoms with Gasteiger partial charge in [0.2, 0.25) is 11.8 Å². The fourth-order valence-electron chi connectivity index (χ4n) is 2.35. The number of carbonyl (C=O) groups excluding carboxylic acids is 2. The highest BCUT2D eigenvalue weighted by molar-refractivity contribution is 5.91. The molecule has 0 saturated carbocycles. The van der Waals surface area contributed by atoms with Gasteiger partial charge in [-0.3, -0.25) is 9.59 Å². The molecule has 120 valence electrons. The molecule has 0 aromatic heterocycles. The number of aliphatic hydroxyl groups is 1. The number of aliphatic hydroxyl groups excluding tert-OH is 1. The van der Waals surface area contributed by atoms with E-state index in [0.29, 0.717) is 11.1 Å². The minimum absolute atomic E-state index is 0.153. The number of rotatable bonds is 6. The molecule has 2 atom stereocenters.